The van der Waals surface area contributed by atoms with Gasteiger partial charge < -0.3 is 0 Å². The zero-order valence-corrected chi connectivity index (χ0v) is 5.52. The van der Waals surface area contributed by atoms with Crippen molar-refractivity contribution in [3.63, 3.8) is 0 Å². The van der Waals surface area contributed by atoms with E-state index >= 15 is 0 Å². The molecule has 1 rings (SSSR count). The fourth-order valence-electron chi connectivity index (χ4n) is 0.652. The van der Waals surface area contributed by atoms with Gasteiger partial charge in [-0.25, -0.2) is 4.99 Å². The van der Waals surface area contributed by atoms with E-state index in [2.05, 4.69) is 11.9 Å². The number of nitrogens with zero attached hydrogens (tertiary/aromatic N) is 1. The SMILES string of the molecule is C[C@H]1C=C(Cl)N=CC1. The second-order valence-corrected chi connectivity index (χ2v) is 2.40. The van der Waals surface area contributed by atoms with E-state index in [9.17, 15) is 0 Å². The lowest BCUT2D eigenvalue weighted by Gasteiger charge is -2.04. The lowest BCUT2D eigenvalue weighted by Crippen LogP contribution is -1.95. The van der Waals surface area contributed by atoms with Crippen LogP contribution in [0.2, 0.25) is 0 Å². The number of halogens is 1. The number of hydrogen-bond acceptors (Lipinski definition) is 1. The quantitative estimate of drug-likeness (QED) is 0.445. The van der Waals surface area contributed by atoms with Gasteiger partial charge in [0.15, 0.2) is 0 Å². The van der Waals surface area contributed by atoms with E-state index < -0.39 is 0 Å². The molecule has 0 aliphatic carbocycles. The van der Waals surface area contributed by atoms with Gasteiger partial charge in [0.2, 0.25) is 0 Å². The monoisotopic (exact) mass is 129 g/mol. The van der Waals surface area contributed by atoms with Gasteiger partial charge in [-0.3, -0.25) is 0 Å². The van der Waals surface area contributed by atoms with Crippen LogP contribution in [0.5, 0.6) is 0 Å². The molecule has 0 fully saturated rings. The molecule has 0 aromatic heterocycles. The molecule has 0 saturated carbocycles. The molecule has 1 heterocycles. The first-order chi connectivity index (χ1) is 3.79. The Labute approximate surface area is 54.1 Å². The molecule has 0 aromatic rings. The maximum absolute atomic E-state index is 5.57. The van der Waals surface area contributed by atoms with Gasteiger partial charge in [-0.05, 0) is 18.4 Å². The molecular weight excluding hydrogens is 122 g/mol. The van der Waals surface area contributed by atoms with Gasteiger partial charge in [-0.1, -0.05) is 18.5 Å². The van der Waals surface area contributed by atoms with Gasteiger partial charge in [0.05, 0.1) is 0 Å². The highest BCUT2D eigenvalue weighted by Gasteiger charge is 2.00. The predicted molar refractivity (Wildman–Crippen MR) is 36.2 cm³/mol. The molecule has 44 valence electrons. The Morgan fingerprint density at radius 2 is 2.62 bits per heavy atom. The van der Waals surface area contributed by atoms with E-state index in [1.165, 1.54) is 0 Å². The van der Waals surface area contributed by atoms with Gasteiger partial charge in [0.25, 0.3) is 0 Å². The highest BCUT2D eigenvalue weighted by atomic mass is 35.5. The minimum Gasteiger partial charge on any atom is -0.249 e. The van der Waals surface area contributed by atoms with Gasteiger partial charge in [-0.2, -0.15) is 0 Å². The second kappa shape index (κ2) is 2.31. The summed E-state index contributed by atoms with van der Waals surface area (Å²) in [6, 6.07) is 0. The summed E-state index contributed by atoms with van der Waals surface area (Å²) in [6.45, 7) is 2.12. The fraction of sp³-hybridized carbons (Fsp3) is 0.500. The van der Waals surface area contributed by atoms with Crippen molar-refractivity contribution < 1.29 is 0 Å². The predicted octanol–water partition coefficient (Wildman–Crippen LogP) is 2.18. The van der Waals surface area contributed by atoms with Crippen LogP contribution in [0, 0.1) is 5.92 Å². The van der Waals surface area contributed by atoms with Crippen LogP contribution in [0.3, 0.4) is 0 Å². The summed E-state index contributed by atoms with van der Waals surface area (Å²) < 4.78 is 0. The van der Waals surface area contributed by atoms with Crippen molar-refractivity contribution in [1.82, 2.24) is 0 Å². The van der Waals surface area contributed by atoms with Gasteiger partial charge in [-0.15, -0.1) is 0 Å². The van der Waals surface area contributed by atoms with E-state index in [1.807, 2.05) is 12.3 Å². The molecule has 0 radical (unpaired) electrons. The van der Waals surface area contributed by atoms with Crippen molar-refractivity contribution in [3.05, 3.63) is 11.2 Å². The highest BCUT2D eigenvalue weighted by molar-refractivity contribution is 6.29. The number of aliphatic imine (C=N–C) groups is 1. The first-order valence-corrected chi connectivity index (χ1v) is 3.06. The summed E-state index contributed by atoms with van der Waals surface area (Å²) in [7, 11) is 0. The maximum Gasteiger partial charge on any atom is 0.124 e. The number of hydrogen-bond donors (Lipinski definition) is 0. The van der Waals surface area contributed by atoms with Crippen LogP contribution in [0.1, 0.15) is 13.3 Å². The first-order valence-electron chi connectivity index (χ1n) is 2.69. The fourth-order valence-corrected chi connectivity index (χ4v) is 0.936. The Bertz CT molecular complexity index is 137. The van der Waals surface area contributed by atoms with Gasteiger partial charge in [0, 0.05) is 6.21 Å². The van der Waals surface area contributed by atoms with Crippen molar-refractivity contribution in [2.75, 3.05) is 0 Å². The van der Waals surface area contributed by atoms with E-state index in [1.54, 1.807) is 0 Å². The molecule has 1 aliphatic heterocycles. The molecule has 0 aromatic carbocycles. The van der Waals surface area contributed by atoms with Crippen LogP contribution in [-0.2, 0) is 0 Å². The van der Waals surface area contributed by atoms with Crippen LogP contribution in [0.4, 0.5) is 0 Å². The van der Waals surface area contributed by atoms with Crippen LogP contribution in [0.15, 0.2) is 16.2 Å². The van der Waals surface area contributed by atoms with Crippen molar-refractivity contribution >= 4 is 17.8 Å². The van der Waals surface area contributed by atoms with Crippen molar-refractivity contribution in [3.8, 4) is 0 Å². The van der Waals surface area contributed by atoms with Crippen LogP contribution in [-0.4, -0.2) is 6.21 Å². The van der Waals surface area contributed by atoms with Crippen molar-refractivity contribution in [1.29, 1.82) is 0 Å². The van der Waals surface area contributed by atoms with E-state index in [-0.39, 0.29) is 0 Å². The second-order valence-electron chi connectivity index (χ2n) is 2.01. The Kier molecular flexibility index (Phi) is 1.69. The minimum atomic E-state index is 0.569. The first kappa shape index (κ1) is 5.83. The molecule has 1 atom stereocenters. The van der Waals surface area contributed by atoms with Gasteiger partial charge >= 0.3 is 0 Å². The summed E-state index contributed by atoms with van der Waals surface area (Å²) >= 11 is 5.57. The van der Waals surface area contributed by atoms with E-state index in [0.29, 0.717) is 11.1 Å². The zero-order chi connectivity index (χ0) is 5.98. The lowest BCUT2D eigenvalue weighted by atomic mass is 10.1. The molecule has 2 heteroatoms. The molecular formula is C6H8ClN. The molecule has 1 nitrogen and oxygen atoms in total. The molecule has 0 spiro atoms. The van der Waals surface area contributed by atoms with Crippen molar-refractivity contribution in [2.24, 2.45) is 10.9 Å². The Balaban J connectivity index is 2.63. The van der Waals surface area contributed by atoms with Crippen LogP contribution < -0.4 is 0 Å². The lowest BCUT2D eigenvalue weighted by molar-refractivity contribution is 0.762. The normalized spacial score (nSPS) is 27.8. The summed E-state index contributed by atoms with van der Waals surface area (Å²) in [6.07, 6.45) is 4.84. The average Bonchev–Trinajstić information content (AvgIpc) is 1.64. The summed E-state index contributed by atoms with van der Waals surface area (Å²) in [5.41, 5.74) is 0. The smallest absolute Gasteiger partial charge is 0.124 e. The molecule has 0 bridgehead atoms. The maximum atomic E-state index is 5.57. The standard InChI is InChI=1S/C6H8ClN/c1-5-2-3-8-6(7)4-5/h3-5H,2H2,1H3/t5-/m1/s1. The number of allylic oxidation sites excluding steroid dienone is 1. The summed E-state index contributed by atoms with van der Waals surface area (Å²) in [4.78, 5) is 3.88. The summed E-state index contributed by atoms with van der Waals surface area (Å²) in [5.74, 6) is 0.569. The third-order valence-corrected chi connectivity index (χ3v) is 1.34. The third-order valence-electron chi connectivity index (χ3n) is 1.11. The van der Waals surface area contributed by atoms with Gasteiger partial charge in [0.1, 0.15) is 5.16 Å². The molecule has 0 amide bonds. The van der Waals surface area contributed by atoms with E-state index in [4.69, 9.17) is 11.6 Å². The number of rotatable bonds is 0. The largest absolute Gasteiger partial charge is 0.249 e. The average molecular weight is 130 g/mol. The van der Waals surface area contributed by atoms with Crippen LogP contribution in [0.25, 0.3) is 0 Å². The molecule has 0 saturated heterocycles. The molecule has 0 N–H and O–H groups in total. The molecule has 8 heavy (non-hydrogen) atoms. The third kappa shape index (κ3) is 1.34. The molecule has 0 unspecified atom stereocenters. The van der Waals surface area contributed by atoms with Crippen LogP contribution >= 0.6 is 11.6 Å². The highest BCUT2D eigenvalue weighted by Crippen LogP contribution is 2.14. The Morgan fingerprint density at radius 3 is 3.00 bits per heavy atom. The topological polar surface area (TPSA) is 12.4 Å². The summed E-state index contributed by atoms with van der Waals surface area (Å²) in [5, 5.41) is 0.628. The zero-order valence-electron chi connectivity index (χ0n) is 4.76. The Morgan fingerprint density at radius 1 is 1.88 bits per heavy atom. The Hall–Kier alpha value is -0.300. The molecule has 1 aliphatic rings. The minimum absolute atomic E-state index is 0.569. The van der Waals surface area contributed by atoms with E-state index in [0.717, 1.165) is 6.42 Å². The van der Waals surface area contributed by atoms with Crippen molar-refractivity contribution in [2.45, 2.75) is 13.3 Å².